The molecule has 0 fully saturated rings. The van der Waals surface area contributed by atoms with Crippen LogP contribution < -0.4 is 5.73 Å². The molecule has 0 aromatic carbocycles. The zero-order valence-corrected chi connectivity index (χ0v) is 6.83. The predicted octanol–water partition coefficient (Wildman–Crippen LogP) is 0.146. The van der Waals surface area contributed by atoms with E-state index in [2.05, 4.69) is 10.7 Å². The normalized spacial score (nSPS) is 12.3. The summed E-state index contributed by atoms with van der Waals surface area (Å²) in [6.07, 6.45) is 4.89. The Kier molecular flexibility index (Phi) is 4.32. The smallest absolute Gasteiger partial charge is 0.324 e. The molecule has 0 aliphatic carbocycles. The van der Waals surface area contributed by atoms with Crippen molar-refractivity contribution in [2.24, 2.45) is 11.7 Å². The molecule has 0 aromatic heterocycles. The highest BCUT2D eigenvalue weighted by molar-refractivity contribution is 5.75. The first kappa shape index (κ1) is 9.99. The molecule has 0 spiro atoms. The Morgan fingerprint density at radius 3 is 2.64 bits per heavy atom. The van der Waals surface area contributed by atoms with Crippen LogP contribution in [0.1, 0.15) is 13.8 Å². The molecule has 0 saturated heterocycles. The average Bonchev–Trinajstić information content (AvgIpc) is 1.98. The first-order chi connectivity index (χ1) is 5.09. The van der Waals surface area contributed by atoms with E-state index in [0.29, 0.717) is 0 Å². The van der Waals surface area contributed by atoms with Crippen LogP contribution in [-0.2, 0) is 9.53 Å². The molecule has 0 rings (SSSR count). The van der Waals surface area contributed by atoms with E-state index in [9.17, 15) is 4.79 Å². The lowest BCUT2D eigenvalue weighted by Crippen LogP contribution is -2.37. The van der Waals surface area contributed by atoms with Crippen molar-refractivity contribution in [1.82, 2.24) is 0 Å². The van der Waals surface area contributed by atoms with Crippen molar-refractivity contribution >= 4 is 5.97 Å². The molecule has 0 aliphatic rings. The molecule has 3 heteroatoms. The van der Waals surface area contributed by atoms with Crippen molar-refractivity contribution in [3.05, 3.63) is 0 Å². The molecule has 2 N–H and O–H groups in total. The molecule has 11 heavy (non-hydrogen) atoms. The number of terminal acetylenes is 1. The van der Waals surface area contributed by atoms with Gasteiger partial charge >= 0.3 is 5.97 Å². The van der Waals surface area contributed by atoms with Gasteiger partial charge in [-0.1, -0.05) is 19.8 Å². The number of rotatable bonds is 3. The highest BCUT2D eigenvalue weighted by Crippen LogP contribution is 1.99. The van der Waals surface area contributed by atoms with Gasteiger partial charge in [-0.3, -0.25) is 4.79 Å². The fourth-order valence-corrected chi connectivity index (χ4v) is 0.481. The molecule has 1 atom stereocenters. The maximum absolute atomic E-state index is 10.9. The van der Waals surface area contributed by atoms with E-state index in [-0.39, 0.29) is 12.5 Å². The summed E-state index contributed by atoms with van der Waals surface area (Å²) in [6.45, 7) is 3.70. The van der Waals surface area contributed by atoms with E-state index in [1.807, 2.05) is 13.8 Å². The second-order valence-corrected chi connectivity index (χ2v) is 2.58. The number of carbonyl (C=O) groups is 1. The molecular formula is C8H13NO2. The van der Waals surface area contributed by atoms with E-state index in [0.717, 1.165) is 0 Å². The zero-order chi connectivity index (χ0) is 8.85. The van der Waals surface area contributed by atoms with Crippen LogP contribution >= 0.6 is 0 Å². The lowest BCUT2D eigenvalue weighted by atomic mass is 10.1. The summed E-state index contributed by atoms with van der Waals surface area (Å²) in [6, 6.07) is -0.566. The highest BCUT2D eigenvalue weighted by atomic mass is 16.5. The SMILES string of the molecule is C#CCOC(=O)[C@@H](N)C(C)C. The van der Waals surface area contributed by atoms with Crippen molar-refractivity contribution in [3.8, 4) is 12.3 Å². The van der Waals surface area contributed by atoms with Gasteiger partial charge in [0.15, 0.2) is 6.61 Å². The van der Waals surface area contributed by atoms with Crippen LogP contribution in [0.2, 0.25) is 0 Å². The van der Waals surface area contributed by atoms with Crippen molar-refractivity contribution in [2.75, 3.05) is 6.61 Å². The first-order valence-electron chi connectivity index (χ1n) is 3.45. The van der Waals surface area contributed by atoms with Crippen LogP contribution in [0.3, 0.4) is 0 Å². The molecule has 0 aliphatic heterocycles. The Labute approximate surface area is 66.9 Å². The third kappa shape index (κ3) is 3.64. The summed E-state index contributed by atoms with van der Waals surface area (Å²) < 4.78 is 4.61. The van der Waals surface area contributed by atoms with Gasteiger partial charge in [0, 0.05) is 0 Å². The van der Waals surface area contributed by atoms with Crippen molar-refractivity contribution in [2.45, 2.75) is 19.9 Å². The topological polar surface area (TPSA) is 52.3 Å². The Morgan fingerprint density at radius 2 is 2.27 bits per heavy atom. The summed E-state index contributed by atoms with van der Waals surface area (Å²) in [5, 5.41) is 0. The van der Waals surface area contributed by atoms with Crippen LogP contribution in [0.4, 0.5) is 0 Å². The minimum Gasteiger partial charge on any atom is -0.451 e. The summed E-state index contributed by atoms with van der Waals surface area (Å²) in [4.78, 5) is 10.9. The van der Waals surface area contributed by atoms with Crippen molar-refractivity contribution < 1.29 is 9.53 Å². The molecule has 0 radical (unpaired) electrons. The van der Waals surface area contributed by atoms with Gasteiger partial charge in [0.25, 0.3) is 0 Å². The maximum atomic E-state index is 10.9. The lowest BCUT2D eigenvalue weighted by Gasteiger charge is -2.12. The summed E-state index contributed by atoms with van der Waals surface area (Å²) in [5.41, 5.74) is 5.46. The van der Waals surface area contributed by atoms with Crippen molar-refractivity contribution in [1.29, 1.82) is 0 Å². The van der Waals surface area contributed by atoms with Gasteiger partial charge in [-0.15, -0.1) is 6.42 Å². The van der Waals surface area contributed by atoms with Crippen LogP contribution in [0.25, 0.3) is 0 Å². The standard InChI is InChI=1S/C8H13NO2/c1-4-5-11-8(10)7(9)6(2)3/h1,6-7H,5,9H2,2-3H3/t7-/m0/s1. The molecule has 62 valence electrons. The fourth-order valence-electron chi connectivity index (χ4n) is 0.481. The van der Waals surface area contributed by atoms with Crippen molar-refractivity contribution in [3.63, 3.8) is 0 Å². The van der Waals surface area contributed by atoms with E-state index in [4.69, 9.17) is 12.2 Å². The summed E-state index contributed by atoms with van der Waals surface area (Å²) in [7, 11) is 0. The predicted molar refractivity (Wildman–Crippen MR) is 42.6 cm³/mol. The largest absolute Gasteiger partial charge is 0.451 e. The zero-order valence-electron chi connectivity index (χ0n) is 6.83. The van der Waals surface area contributed by atoms with E-state index >= 15 is 0 Å². The molecule has 0 unspecified atom stereocenters. The van der Waals surface area contributed by atoms with Gasteiger partial charge in [0.1, 0.15) is 6.04 Å². The van der Waals surface area contributed by atoms with Gasteiger partial charge < -0.3 is 10.5 Å². The monoisotopic (exact) mass is 155 g/mol. The summed E-state index contributed by atoms with van der Waals surface area (Å²) in [5.74, 6) is 1.84. The van der Waals surface area contributed by atoms with E-state index in [1.165, 1.54) is 0 Å². The van der Waals surface area contributed by atoms with Gasteiger partial charge in [0.2, 0.25) is 0 Å². The van der Waals surface area contributed by atoms with Crippen LogP contribution in [-0.4, -0.2) is 18.6 Å². The Hall–Kier alpha value is -1.01. The van der Waals surface area contributed by atoms with Gasteiger partial charge in [-0.05, 0) is 5.92 Å². The number of hydrogen-bond donors (Lipinski definition) is 1. The quantitative estimate of drug-likeness (QED) is 0.466. The lowest BCUT2D eigenvalue weighted by molar-refractivity contribution is -0.144. The Morgan fingerprint density at radius 1 is 1.73 bits per heavy atom. The third-order valence-electron chi connectivity index (χ3n) is 1.29. The average molecular weight is 155 g/mol. The van der Waals surface area contributed by atoms with Gasteiger partial charge in [0.05, 0.1) is 0 Å². The van der Waals surface area contributed by atoms with Gasteiger partial charge in [-0.25, -0.2) is 0 Å². The highest BCUT2D eigenvalue weighted by Gasteiger charge is 2.17. The second-order valence-electron chi connectivity index (χ2n) is 2.58. The Balaban J connectivity index is 3.76. The number of carbonyl (C=O) groups excluding carboxylic acids is 1. The van der Waals surface area contributed by atoms with Crippen LogP contribution in [0, 0.1) is 18.3 Å². The minimum absolute atomic E-state index is 0.000741. The molecule has 0 amide bonds. The van der Waals surface area contributed by atoms with E-state index in [1.54, 1.807) is 0 Å². The first-order valence-corrected chi connectivity index (χ1v) is 3.45. The second kappa shape index (κ2) is 4.75. The van der Waals surface area contributed by atoms with Crippen LogP contribution in [0.15, 0.2) is 0 Å². The fraction of sp³-hybridized carbons (Fsp3) is 0.625. The van der Waals surface area contributed by atoms with Gasteiger partial charge in [-0.2, -0.15) is 0 Å². The third-order valence-corrected chi connectivity index (χ3v) is 1.29. The maximum Gasteiger partial charge on any atom is 0.324 e. The minimum atomic E-state index is -0.566. The molecule has 0 heterocycles. The molecule has 0 aromatic rings. The Bertz CT molecular complexity index is 169. The summed E-state index contributed by atoms with van der Waals surface area (Å²) >= 11 is 0. The molecule has 0 saturated carbocycles. The van der Waals surface area contributed by atoms with Crippen LogP contribution in [0.5, 0.6) is 0 Å². The molecule has 0 bridgehead atoms. The number of ether oxygens (including phenoxy) is 1. The number of hydrogen-bond acceptors (Lipinski definition) is 3. The number of esters is 1. The number of nitrogens with two attached hydrogens (primary N) is 1. The molecule has 3 nitrogen and oxygen atoms in total. The van der Waals surface area contributed by atoms with E-state index < -0.39 is 12.0 Å². The molecular weight excluding hydrogens is 142 g/mol.